The highest BCUT2D eigenvalue weighted by molar-refractivity contribution is 5.81. The minimum absolute atomic E-state index is 0.0976. The third-order valence-corrected chi connectivity index (χ3v) is 2.91. The van der Waals surface area contributed by atoms with Crippen LogP contribution in [0.2, 0.25) is 0 Å². The highest BCUT2D eigenvalue weighted by Crippen LogP contribution is 2.06. The molecule has 5 heteroatoms. The van der Waals surface area contributed by atoms with Crippen LogP contribution in [0.15, 0.2) is 0 Å². The number of ether oxygens (including phenoxy) is 1. The highest BCUT2D eigenvalue weighted by atomic mass is 16.5. The fourth-order valence-corrected chi connectivity index (χ4v) is 1.82. The van der Waals surface area contributed by atoms with E-state index in [4.69, 9.17) is 10.00 Å². The number of likely N-dealkylation sites (N-methyl/N-ethyl adjacent to an activating group) is 1. The molecule has 0 spiro atoms. The van der Waals surface area contributed by atoms with E-state index in [1.807, 2.05) is 23.6 Å². The minimum atomic E-state index is -0.220. The molecule has 0 bridgehead atoms. The Bertz CT molecular complexity index is 269. The molecule has 1 aliphatic rings. The lowest BCUT2D eigenvalue weighted by Crippen LogP contribution is -2.50. The number of rotatable bonds is 4. The topological polar surface area (TPSA) is 56.6 Å². The fraction of sp³-hybridized carbons (Fsp3) is 0.818. The van der Waals surface area contributed by atoms with E-state index >= 15 is 0 Å². The molecule has 16 heavy (non-hydrogen) atoms. The van der Waals surface area contributed by atoms with E-state index in [-0.39, 0.29) is 11.9 Å². The van der Waals surface area contributed by atoms with E-state index in [9.17, 15) is 4.79 Å². The van der Waals surface area contributed by atoms with Crippen LogP contribution in [0.25, 0.3) is 0 Å². The summed E-state index contributed by atoms with van der Waals surface area (Å²) in [5.41, 5.74) is 0. The lowest BCUT2D eigenvalue weighted by molar-refractivity contribution is -0.140. The van der Waals surface area contributed by atoms with Gasteiger partial charge in [0.15, 0.2) is 0 Å². The summed E-state index contributed by atoms with van der Waals surface area (Å²) in [5, 5.41) is 8.67. The van der Waals surface area contributed by atoms with Gasteiger partial charge in [0.2, 0.25) is 5.91 Å². The van der Waals surface area contributed by atoms with E-state index in [1.54, 1.807) is 0 Å². The van der Waals surface area contributed by atoms with E-state index < -0.39 is 0 Å². The standard InChI is InChI=1S/C11H19N3O2/c1-3-13(5-4-12)10(2)11(15)14-6-8-16-9-7-14/h10H,3,5-9H2,1-2H3. The first-order valence-electron chi connectivity index (χ1n) is 5.68. The molecule has 0 radical (unpaired) electrons. The van der Waals surface area contributed by atoms with Crippen LogP contribution in [-0.2, 0) is 9.53 Å². The average molecular weight is 225 g/mol. The molecule has 0 aromatic heterocycles. The summed E-state index contributed by atoms with van der Waals surface area (Å²) in [6.45, 7) is 7.38. The van der Waals surface area contributed by atoms with Crippen molar-refractivity contribution in [2.45, 2.75) is 19.9 Å². The minimum Gasteiger partial charge on any atom is -0.378 e. The van der Waals surface area contributed by atoms with Gasteiger partial charge in [0, 0.05) is 13.1 Å². The van der Waals surface area contributed by atoms with Gasteiger partial charge in [0.1, 0.15) is 0 Å². The number of nitrogens with zero attached hydrogens (tertiary/aromatic N) is 3. The van der Waals surface area contributed by atoms with Crippen molar-refractivity contribution in [2.75, 3.05) is 39.4 Å². The Morgan fingerprint density at radius 2 is 2.19 bits per heavy atom. The second-order valence-electron chi connectivity index (χ2n) is 3.83. The molecule has 0 N–H and O–H groups in total. The van der Waals surface area contributed by atoms with Gasteiger partial charge in [-0.05, 0) is 13.5 Å². The molecular formula is C11H19N3O2. The number of nitriles is 1. The molecule has 0 aromatic carbocycles. The van der Waals surface area contributed by atoms with Crippen LogP contribution in [0.5, 0.6) is 0 Å². The van der Waals surface area contributed by atoms with Crippen LogP contribution in [-0.4, -0.2) is 61.1 Å². The Kier molecular flexibility index (Phi) is 5.23. The van der Waals surface area contributed by atoms with Gasteiger partial charge in [0.25, 0.3) is 0 Å². The highest BCUT2D eigenvalue weighted by Gasteiger charge is 2.25. The number of morpholine rings is 1. The Labute approximate surface area is 96.6 Å². The molecule has 1 rings (SSSR count). The largest absolute Gasteiger partial charge is 0.378 e. The van der Waals surface area contributed by atoms with Gasteiger partial charge in [-0.25, -0.2) is 0 Å². The van der Waals surface area contributed by atoms with Crippen molar-refractivity contribution in [3.8, 4) is 6.07 Å². The zero-order valence-corrected chi connectivity index (χ0v) is 9.98. The van der Waals surface area contributed by atoms with E-state index in [0.717, 1.165) is 0 Å². The molecule has 1 saturated heterocycles. The third kappa shape index (κ3) is 3.19. The van der Waals surface area contributed by atoms with Crippen molar-refractivity contribution < 1.29 is 9.53 Å². The normalized spacial score (nSPS) is 18.2. The Balaban J connectivity index is 2.53. The molecular weight excluding hydrogens is 206 g/mol. The molecule has 1 atom stereocenters. The van der Waals surface area contributed by atoms with Gasteiger partial charge in [0.05, 0.1) is 31.9 Å². The van der Waals surface area contributed by atoms with Gasteiger partial charge >= 0.3 is 0 Å². The maximum atomic E-state index is 12.1. The number of amides is 1. The summed E-state index contributed by atoms with van der Waals surface area (Å²) >= 11 is 0. The predicted octanol–water partition coefficient (Wildman–Crippen LogP) is 0.0792. The summed E-state index contributed by atoms with van der Waals surface area (Å²) in [6.07, 6.45) is 0. The first-order valence-corrected chi connectivity index (χ1v) is 5.68. The molecule has 1 fully saturated rings. The van der Waals surface area contributed by atoms with Gasteiger partial charge in [-0.2, -0.15) is 5.26 Å². The Hall–Kier alpha value is -1.12. The van der Waals surface area contributed by atoms with Crippen molar-refractivity contribution in [1.29, 1.82) is 5.26 Å². The van der Waals surface area contributed by atoms with Gasteiger partial charge in [-0.3, -0.25) is 9.69 Å². The number of carbonyl (C=O) groups is 1. The van der Waals surface area contributed by atoms with E-state index in [0.29, 0.717) is 39.4 Å². The van der Waals surface area contributed by atoms with Crippen molar-refractivity contribution >= 4 is 5.91 Å². The first kappa shape index (κ1) is 12.9. The second kappa shape index (κ2) is 6.46. The lowest BCUT2D eigenvalue weighted by Gasteiger charge is -2.32. The summed E-state index contributed by atoms with van der Waals surface area (Å²) in [7, 11) is 0. The molecule has 0 aliphatic carbocycles. The lowest BCUT2D eigenvalue weighted by atomic mass is 10.2. The van der Waals surface area contributed by atoms with Gasteiger partial charge < -0.3 is 9.64 Å². The van der Waals surface area contributed by atoms with Crippen molar-refractivity contribution in [2.24, 2.45) is 0 Å². The van der Waals surface area contributed by atoms with Crippen LogP contribution in [0.4, 0.5) is 0 Å². The van der Waals surface area contributed by atoms with Crippen LogP contribution >= 0.6 is 0 Å². The van der Waals surface area contributed by atoms with Crippen molar-refractivity contribution in [1.82, 2.24) is 9.80 Å². The third-order valence-electron chi connectivity index (χ3n) is 2.91. The van der Waals surface area contributed by atoms with Crippen LogP contribution in [0.1, 0.15) is 13.8 Å². The second-order valence-corrected chi connectivity index (χ2v) is 3.83. The number of carbonyl (C=O) groups excluding carboxylic acids is 1. The average Bonchev–Trinajstić information content (AvgIpc) is 2.35. The monoisotopic (exact) mass is 225 g/mol. The SMILES string of the molecule is CCN(CC#N)C(C)C(=O)N1CCOCC1. The smallest absolute Gasteiger partial charge is 0.239 e. The first-order chi connectivity index (χ1) is 7.70. The maximum Gasteiger partial charge on any atom is 0.239 e. The maximum absolute atomic E-state index is 12.1. The Morgan fingerprint density at radius 1 is 1.56 bits per heavy atom. The van der Waals surface area contributed by atoms with Crippen molar-refractivity contribution in [3.05, 3.63) is 0 Å². The number of hydrogen-bond donors (Lipinski definition) is 0. The molecule has 0 aromatic rings. The van der Waals surface area contributed by atoms with E-state index in [1.165, 1.54) is 0 Å². The zero-order chi connectivity index (χ0) is 12.0. The molecule has 0 saturated carbocycles. The van der Waals surface area contributed by atoms with Crippen LogP contribution in [0.3, 0.4) is 0 Å². The van der Waals surface area contributed by atoms with Gasteiger partial charge in [-0.1, -0.05) is 6.92 Å². The molecule has 1 heterocycles. The molecule has 1 unspecified atom stereocenters. The summed E-state index contributed by atoms with van der Waals surface area (Å²) in [6, 6.07) is 1.87. The summed E-state index contributed by atoms with van der Waals surface area (Å²) < 4.78 is 5.20. The molecule has 5 nitrogen and oxygen atoms in total. The summed E-state index contributed by atoms with van der Waals surface area (Å²) in [4.78, 5) is 15.8. The predicted molar refractivity (Wildman–Crippen MR) is 59.7 cm³/mol. The molecule has 1 amide bonds. The van der Waals surface area contributed by atoms with Gasteiger partial charge in [-0.15, -0.1) is 0 Å². The van der Waals surface area contributed by atoms with E-state index in [2.05, 4.69) is 6.07 Å². The van der Waals surface area contributed by atoms with Crippen LogP contribution < -0.4 is 0 Å². The number of hydrogen-bond acceptors (Lipinski definition) is 4. The fourth-order valence-electron chi connectivity index (χ4n) is 1.82. The Morgan fingerprint density at radius 3 is 2.69 bits per heavy atom. The zero-order valence-electron chi connectivity index (χ0n) is 9.98. The quantitative estimate of drug-likeness (QED) is 0.636. The summed E-state index contributed by atoms with van der Waals surface area (Å²) in [5.74, 6) is 0.0976. The van der Waals surface area contributed by atoms with Crippen molar-refractivity contribution in [3.63, 3.8) is 0 Å². The molecule has 1 aliphatic heterocycles. The van der Waals surface area contributed by atoms with Crippen LogP contribution in [0, 0.1) is 11.3 Å². The molecule has 90 valence electrons.